The van der Waals surface area contributed by atoms with E-state index in [0.717, 1.165) is 25.9 Å². The van der Waals surface area contributed by atoms with Crippen molar-refractivity contribution in [1.29, 1.82) is 0 Å². The summed E-state index contributed by atoms with van der Waals surface area (Å²) in [5.74, 6) is 2.23. The van der Waals surface area contributed by atoms with Gasteiger partial charge in [0.25, 0.3) is 5.91 Å². The van der Waals surface area contributed by atoms with Gasteiger partial charge in [0.05, 0.1) is 4.58 Å². The average molecular weight is 365 g/mol. The summed E-state index contributed by atoms with van der Waals surface area (Å²) in [5.41, 5.74) is 1.88. The first-order valence-electron chi connectivity index (χ1n) is 8.58. The van der Waals surface area contributed by atoms with E-state index in [9.17, 15) is 9.59 Å². The molecule has 2 heterocycles. The van der Waals surface area contributed by atoms with Crippen LogP contribution >= 0.6 is 23.5 Å². The molecule has 1 aromatic carbocycles. The van der Waals surface area contributed by atoms with Crippen LogP contribution in [-0.2, 0) is 4.79 Å². The molecule has 130 valence electrons. The standard InChI is InChI=1S/C18H24N2O2S2/c1-13(17(22)20-9-3-2-4-10-20)19-16(21)14-5-7-15(8-6-14)18-23-11-12-24-18/h5-8,13,18H,2-4,9-12H2,1H3,(H,19,21)/t13-/m0/s1. The van der Waals surface area contributed by atoms with Gasteiger partial charge in [-0.1, -0.05) is 12.1 Å². The summed E-state index contributed by atoms with van der Waals surface area (Å²) >= 11 is 3.90. The minimum absolute atomic E-state index is 0.0263. The molecular weight excluding hydrogens is 340 g/mol. The Morgan fingerprint density at radius 2 is 1.71 bits per heavy atom. The van der Waals surface area contributed by atoms with Crippen LogP contribution in [0.2, 0.25) is 0 Å². The lowest BCUT2D eigenvalue weighted by atomic mass is 10.1. The summed E-state index contributed by atoms with van der Waals surface area (Å²) in [6, 6.07) is 7.31. The Morgan fingerprint density at radius 1 is 1.08 bits per heavy atom. The van der Waals surface area contributed by atoms with Crippen molar-refractivity contribution in [2.75, 3.05) is 24.6 Å². The predicted molar refractivity (Wildman–Crippen MR) is 101 cm³/mol. The van der Waals surface area contributed by atoms with Gasteiger partial charge in [0.15, 0.2) is 0 Å². The molecule has 2 aliphatic heterocycles. The van der Waals surface area contributed by atoms with Crippen molar-refractivity contribution in [3.05, 3.63) is 35.4 Å². The molecule has 2 fully saturated rings. The zero-order valence-corrected chi connectivity index (χ0v) is 15.6. The van der Waals surface area contributed by atoms with E-state index in [1.807, 2.05) is 52.7 Å². The van der Waals surface area contributed by atoms with Crippen LogP contribution in [0.5, 0.6) is 0 Å². The molecule has 3 rings (SSSR count). The zero-order valence-electron chi connectivity index (χ0n) is 14.0. The van der Waals surface area contributed by atoms with Crippen LogP contribution in [0.25, 0.3) is 0 Å². The number of nitrogens with one attached hydrogen (secondary N) is 1. The number of amides is 2. The maximum atomic E-state index is 12.4. The number of benzene rings is 1. The summed E-state index contributed by atoms with van der Waals surface area (Å²) in [6.45, 7) is 3.39. The second-order valence-corrected chi connectivity index (χ2v) is 9.00. The third-order valence-electron chi connectivity index (χ3n) is 4.45. The van der Waals surface area contributed by atoms with Crippen LogP contribution in [-0.4, -0.2) is 47.4 Å². The van der Waals surface area contributed by atoms with Crippen molar-refractivity contribution >= 4 is 35.3 Å². The molecule has 0 aromatic heterocycles. The minimum atomic E-state index is -0.476. The number of likely N-dealkylation sites (tertiary alicyclic amines) is 1. The van der Waals surface area contributed by atoms with Crippen LogP contribution in [0.1, 0.15) is 46.7 Å². The molecule has 0 spiro atoms. The van der Waals surface area contributed by atoms with Crippen molar-refractivity contribution in [2.24, 2.45) is 0 Å². The first-order valence-corrected chi connectivity index (χ1v) is 10.7. The Hall–Kier alpha value is -1.14. The normalized spacial score (nSPS) is 20.0. The molecular formula is C18H24N2O2S2. The first-order chi connectivity index (χ1) is 11.6. The Kier molecular flexibility index (Phi) is 6.11. The summed E-state index contributed by atoms with van der Waals surface area (Å²) in [7, 11) is 0. The van der Waals surface area contributed by atoms with Crippen molar-refractivity contribution < 1.29 is 9.59 Å². The smallest absolute Gasteiger partial charge is 0.251 e. The van der Waals surface area contributed by atoms with E-state index in [4.69, 9.17) is 0 Å². The molecule has 0 bridgehead atoms. The molecule has 0 aliphatic carbocycles. The van der Waals surface area contributed by atoms with E-state index in [2.05, 4.69) is 5.32 Å². The number of carbonyl (C=O) groups is 2. The van der Waals surface area contributed by atoms with E-state index in [1.54, 1.807) is 6.92 Å². The third kappa shape index (κ3) is 4.28. The number of carbonyl (C=O) groups excluding carboxylic acids is 2. The highest BCUT2D eigenvalue weighted by atomic mass is 32.2. The molecule has 1 N–H and O–H groups in total. The number of nitrogens with zero attached hydrogens (tertiary/aromatic N) is 1. The van der Waals surface area contributed by atoms with Crippen LogP contribution < -0.4 is 5.32 Å². The molecule has 4 nitrogen and oxygen atoms in total. The topological polar surface area (TPSA) is 49.4 Å². The SMILES string of the molecule is C[C@H](NC(=O)c1ccc(C2SCCS2)cc1)C(=O)N1CCCCC1. The fraction of sp³-hybridized carbons (Fsp3) is 0.556. The van der Waals surface area contributed by atoms with E-state index in [1.165, 1.54) is 23.5 Å². The highest BCUT2D eigenvalue weighted by molar-refractivity contribution is 8.19. The molecule has 24 heavy (non-hydrogen) atoms. The highest BCUT2D eigenvalue weighted by Crippen LogP contribution is 2.45. The molecule has 2 saturated heterocycles. The predicted octanol–water partition coefficient (Wildman–Crippen LogP) is 3.30. The molecule has 0 saturated carbocycles. The first kappa shape index (κ1) is 17.7. The third-order valence-corrected chi connectivity index (χ3v) is 7.56. The number of thioether (sulfide) groups is 2. The number of rotatable bonds is 4. The number of hydrogen-bond acceptors (Lipinski definition) is 4. The number of piperidine rings is 1. The Balaban J connectivity index is 1.56. The maximum Gasteiger partial charge on any atom is 0.251 e. The molecule has 0 radical (unpaired) electrons. The number of hydrogen-bond donors (Lipinski definition) is 1. The van der Waals surface area contributed by atoms with Crippen LogP contribution in [0, 0.1) is 0 Å². The van der Waals surface area contributed by atoms with Gasteiger partial charge in [-0.25, -0.2) is 0 Å². The van der Waals surface area contributed by atoms with Gasteiger partial charge >= 0.3 is 0 Å². The average Bonchev–Trinajstić information content (AvgIpc) is 3.16. The fourth-order valence-corrected chi connectivity index (χ4v) is 5.93. The Labute approximate surface area is 152 Å². The van der Waals surface area contributed by atoms with Gasteiger partial charge in [-0.05, 0) is 43.9 Å². The van der Waals surface area contributed by atoms with Gasteiger partial charge in [0.2, 0.25) is 5.91 Å². The van der Waals surface area contributed by atoms with Gasteiger partial charge < -0.3 is 10.2 Å². The lowest BCUT2D eigenvalue weighted by Gasteiger charge is -2.29. The van der Waals surface area contributed by atoms with Crippen LogP contribution in [0.15, 0.2) is 24.3 Å². The van der Waals surface area contributed by atoms with Gasteiger partial charge in [-0.3, -0.25) is 9.59 Å². The molecule has 0 unspecified atom stereocenters. The van der Waals surface area contributed by atoms with Gasteiger partial charge in [-0.15, -0.1) is 23.5 Å². The lowest BCUT2D eigenvalue weighted by molar-refractivity contribution is -0.133. The van der Waals surface area contributed by atoms with E-state index in [-0.39, 0.29) is 11.8 Å². The van der Waals surface area contributed by atoms with Crippen molar-refractivity contribution in [2.45, 2.75) is 36.8 Å². The second kappa shape index (κ2) is 8.30. The lowest BCUT2D eigenvalue weighted by Crippen LogP contribution is -2.48. The minimum Gasteiger partial charge on any atom is -0.341 e. The van der Waals surface area contributed by atoms with Crippen LogP contribution in [0.4, 0.5) is 0 Å². The molecule has 1 aromatic rings. The van der Waals surface area contributed by atoms with Crippen LogP contribution in [0.3, 0.4) is 0 Å². The van der Waals surface area contributed by atoms with E-state index < -0.39 is 6.04 Å². The van der Waals surface area contributed by atoms with Gasteiger partial charge in [0, 0.05) is 30.2 Å². The van der Waals surface area contributed by atoms with E-state index in [0.29, 0.717) is 10.1 Å². The van der Waals surface area contributed by atoms with Crippen molar-refractivity contribution in [1.82, 2.24) is 10.2 Å². The van der Waals surface area contributed by atoms with Gasteiger partial charge in [-0.2, -0.15) is 0 Å². The molecule has 1 atom stereocenters. The largest absolute Gasteiger partial charge is 0.341 e. The van der Waals surface area contributed by atoms with Crippen molar-refractivity contribution in [3.63, 3.8) is 0 Å². The summed E-state index contributed by atoms with van der Waals surface area (Å²) < 4.78 is 0.488. The molecule has 6 heteroatoms. The maximum absolute atomic E-state index is 12.4. The second-order valence-electron chi connectivity index (χ2n) is 6.28. The monoisotopic (exact) mass is 364 g/mol. The quantitative estimate of drug-likeness (QED) is 0.891. The zero-order chi connectivity index (χ0) is 16.9. The summed E-state index contributed by atoms with van der Waals surface area (Å²) in [4.78, 5) is 26.6. The Bertz CT molecular complexity index is 579. The Morgan fingerprint density at radius 3 is 2.33 bits per heavy atom. The molecule has 2 amide bonds. The van der Waals surface area contributed by atoms with Crippen molar-refractivity contribution in [3.8, 4) is 0 Å². The molecule has 2 aliphatic rings. The highest BCUT2D eigenvalue weighted by Gasteiger charge is 2.24. The van der Waals surface area contributed by atoms with Gasteiger partial charge in [0.1, 0.15) is 6.04 Å². The summed E-state index contributed by atoms with van der Waals surface area (Å²) in [6.07, 6.45) is 3.31. The summed E-state index contributed by atoms with van der Waals surface area (Å²) in [5, 5.41) is 2.84. The fourth-order valence-electron chi connectivity index (χ4n) is 3.07. The van der Waals surface area contributed by atoms with E-state index >= 15 is 0 Å².